The summed E-state index contributed by atoms with van der Waals surface area (Å²) < 4.78 is 39.1. The van der Waals surface area contributed by atoms with Gasteiger partial charge in [-0.2, -0.15) is 0 Å². The monoisotopic (exact) mass is 559 g/mol. The molecule has 1 aliphatic carbocycles. The number of ether oxygens (including phenoxy) is 1. The third kappa shape index (κ3) is 5.80. The highest BCUT2D eigenvalue weighted by atomic mass is 35.5. The highest BCUT2D eigenvalue weighted by molar-refractivity contribution is 7.92. The third-order valence-electron chi connectivity index (χ3n) is 8.44. The Balaban J connectivity index is 1.82. The van der Waals surface area contributed by atoms with Gasteiger partial charge in [-0.25, -0.2) is 18.4 Å². The number of halogens is 1. The van der Waals surface area contributed by atoms with E-state index in [0.29, 0.717) is 73.8 Å². The lowest BCUT2D eigenvalue weighted by atomic mass is 10.0. The second-order valence-corrected chi connectivity index (χ2v) is 19.8. The Morgan fingerprint density at radius 3 is 2.31 bits per heavy atom. The van der Waals surface area contributed by atoms with Gasteiger partial charge in [0, 0.05) is 19.2 Å². The van der Waals surface area contributed by atoms with Crippen LogP contribution in [0.2, 0.25) is 21.9 Å². The van der Waals surface area contributed by atoms with Crippen LogP contribution in [0.15, 0.2) is 6.07 Å². The van der Waals surface area contributed by atoms with E-state index in [2.05, 4.69) is 63.3 Å². The van der Waals surface area contributed by atoms with E-state index in [1.807, 2.05) is 6.07 Å². The normalized spacial score (nSPS) is 21.2. The molecular weight excluding hydrogens is 514 g/mol. The van der Waals surface area contributed by atoms with E-state index in [1.165, 1.54) is 0 Å². The number of aromatic nitrogens is 2. The molecule has 7 nitrogen and oxygen atoms in total. The number of rotatable bonds is 11. The molecule has 0 N–H and O–H groups in total. The fraction of sp³-hybridized carbons (Fsp3) is 0.846. The minimum absolute atomic E-state index is 0.0939. The van der Waals surface area contributed by atoms with Crippen molar-refractivity contribution in [1.82, 2.24) is 9.97 Å². The quantitative estimate of drug-likeness (QED) is 0.183. The molecule has 0 radical (unpaired) electrons. The fourth-order valence-electron chi connectivity index (χ4n) is 6.72. The summed E-state index contributed by atoms with van der Waals surface area (Å²) in [6.45, 7) is 18.0. The molecule has 0 unspecified atom stereocenters. The maximum atomic E-state index is 14.0. The van der Waals surface area contributed by atoms with E-state index in [1.54, 1.807) is 0 Å². The van der Waals surface area contributed by atoms with Gasteiger partial charge >= 0.3 is 0 Å². The molecule has 0 amide bonds. The number of morpholine rings is 1. The predicted molar refractivity (Wildman–Crippen MR) is 150 cm³/mol. The van der Waals surface area contributed by atoms with E-state index in [9.17, 15) is 8.42 Å². The van der Waals surface area contributed by atoms with Crippen molar-refractivity contribution in [2.75, 3.05) is 37.0 Å². The maximum absolute atomic E-state index is 14.0. The van der Waals surface area contributed by atoms with E-state index in [0.717, 1.165) is 12.8 Å². The topological polar surface area (TPSA) is 81.6 Å². The van der Waals surface area contributed by atoms with Crippen molar-refractivity contribution in [3.05, 3.63) is 17.0 Å². The summed E-state index contributed by atoms with van der Waals surface area (Å²) in [5.74, 6) is 0.781. The molecule has 0 spiro atoms. The molecular formula is C26H46ClN3O4SSi. The molecule has 10 heteroatoms. The van der Waals surface area contributed by atoms with Gasteiger partial charge in [0.25, 0.3) is 0 Å². The van der Waals surface area contributed by atoms with Crippen LogP contribution >= 0.6 is 11.6 Å². The molecule has 3 rings (SSSR count). The van der Waals surface area contributed by atoms with Gasteiger partial charge in [0.2, 0.25) is 5.28 Å². The first-order valence-electron chi connectivity index (χ1n) is 13.6. The molecule has 2 aliphatic rings. The van der Waals surface area contributed by atoms with Gasteiger partial charge in [0.15, 0.2) is 18.2 Å². The van der Waals surface area contributed by atoms with E-state index >= 15 is 0 Å². The first kappa shape index (κ1) is 29.8. The summed E-state index contributed by atoms with van der Waals surface area (Å²) in [5.41, 5.74) is 1.96. The second kappa shape index (κ2) is 12.0. The van der Waals surface area contributed by atoms with Crippen molar-refractivity contribution >= 4 is 35.6 Å². The SMILES string of the molecule is CC(C)[Si](OCCCS(=O)(=O)C1(c2cc(N3CCOC[C@@H]3C)nc(Cl)n2)CCCC1)(C(C)C)C(C)C. The van der Waals surface area contributed by atoms with Gasteiger partial charge in [-0.3, -0.25) is 0 Å². The molecule has 206 valence electrons. The van der Waals surface area contributed by atoms with Crippen molar-refractivity contribution in [2.24, 2.45) is 0 Å². The Kier molecular flexibility index (Phi) is 9.91. The largest absolute Gasteiger partial charge is 0.416 e. The van der Waals surface area contributed by atoms with Crippen LogP contribution in [0.1, 0.15) is 86.3 Å². The smallest absolute Gasteiger partial charge is 0.224 e. The average Bonchev–Trinajstić information content (AvgIpc) is 3.30. The van der Waals surface area contributed by atoms with Crippen LogP contribution in [0.3, 0.4) is 0 Å². The summed E-state index contributed by atoms with van der Waals surface area (Å²) in [6.07, 6.45) is 3.38. The van der Waals surface area contributed by atoms with Crippen molar-refractivity contribution < 1.29 is 17.6 Å². The Hall–Kier alpha value is -0.743. The van der Waals surface area contributed by atoms with E-state index < -0.39 is 22.9 Å². The molecule has 1 saturated heterocycles. The first-order chi connectivity index (χ1) is 16.9. The molecule has 1 aliphatic heterocycles. The van der Waals surface area contributed by atoms with Crippen LogP contribution in [-0.4, -0.2) is 64.9 Å². The van der Waals surface area contributed by atoms with Crippen LogP contribution in [0, 0.1) is 0 Å². The lowest BCUT2D eigenvalue weighted by Gasteiger charge is -2.42. The Morgan fingerprint density at radius 2 is 1.75 bits per heavy atom. The molecule has 2 heterocycles. The highest BCUT2D eigenvalue weighted by Gasteiger charge is 2.49. The van der Waals surface area contributed by atoms with Crippen LogP contribution in [0.4, 0.5) is 5.82 Å². The fourth-order valence-corrected chi connectivity index (χ4v) is 14.6. The molecule has 36 heavy (non-hydrogen) atoms. The first-order valence-corrected chi connectivity index (χ1v) is 17.8. The summed E-state index contributed by atoms with van der Waals surface area (Å²) in [7, 11) is -5.52. The summed E-state index contributed by atoms with van der Waals surface area (Å²) in [5, 5.41) is 0.104. The summed E-state index contributed by atoms with van der Waals surface area (Å²) in [6, 6.07) is 2.00. The van der Waals surface area contributed by atoms with Gasteiger partial charge in [0.1, 0.15) is 10.6 Å². The van der Waals surface area contributed by atoms with Crippen molar-refractivity contribution in [2.45, 2.75) is 108 Å². The summed E-state index contributed by atoms with van der Waals surface area (Å²) >= 11 is 6.38. The van der Waals surface area contributed by atoms with Crippen molar-refractivity contribution in [3.63, 3.8) is 0 Å². The Morgan fingerprint density at radius 1 is 1.14 bits per heavy atom. The number of hydrogen-bond acceptors (Lipinski definition) is 7. The number of sulfone groups is 1. The Bertz CT molecular complexity index is 962. The van der Waals surface area contributed by atoms with Crippen LogP contribution < -0.4 is 4.90 Å². The number of nitrogens with zero attached hydrogens (tertiary/aromatic N) is 3. The average molecular weight is 560 g/mol. The zero-order valence-electron chi connectivity index (χ0n) is 23.2. The highest BCUT2D eigenvalue weighted by Crippen LogP contribution is 2.47. The van der Waals surface area contributed by atoms with Crippen LogP contribution in [-0.2, 0) is 23.7 Å². The standard InChI is InChI=1S/C26H46ClN3O4SSi/c1-19(2)36(20(3)4,21(5)6)34-14-10-16-35(31,32)26(11-8-9-12-26)23-17-24(29-25(27)28-23)30-13-15-33-18-22(30)7/h17,19-22H,8-16,18H2,1-7H3/t22-/m0/s1. The molecule has 2 fully saturated rings. The maximum Gasteiger partial charge on any atom is 0.224 e. The number of hydrogen-bond donors (Lipinski definition) is 0. The lowest BCUT2D eigenvalue weighted by molar-refractivity contribution is 0.0985. The Labute approximate surface area is 224 Å². The molecule has 1 aromatic heterocycles. The van der Waals surface area contributed by atoms with Gasteiger partial charge in [-0.15, -0.1) is 0 Å². The van der Waals surface area contributed by atoms with E-state index in [-0.39, 0.29) is 17.1 Å². The van der Waals surface area contributed by atoms with Crippen molar-refractivity contribution in [1.29, 1.82) is 0 Å². The molecule has 1 atom stereocenters. The van der Waals surface area contributed by atoms with Gasteiger partial charge in [-0.1, -0.05) is 54.4 Å². The van der Waals surface area contributed by atoms with Crippen LogP contribution in [0.5, 0.6) is 0 Å². The second-order valence-electron chi connectivity index (χ2n) is 11.5. The van der Waals surface area contributed by atoms with E-state index in [4.69, 9.17) is 20.8 Å². The van der Waals surface area contributed by atoms with Gasteiger partial charge in [-0.05, 0) is 54.4 Å². The van der Waals surface area contributed by atoms with Crippen molar-refractivity contribution in [3.8, 4) is 0 Å². The predicted octanol–water partition coefficient (Wildman–Crippen LogP) is 6.12. The molecule has 1 saturated carbocycles. The minimum atomic E-state index is -3.49. The van der Waals surface area contributed by atoms with Gasteiger partial charge < -0.3 is 14.1 Å². The van der Waals surface area contributed by atoms with Gasteiger partial charge in [0.05, 0.1) is 30.7 Å². The summed E-state index contributed by atoms with van der Waals surface area (Å²) in [4.78, 5) is 11.1. The minimum Gasteiger partial charge on any atom is -0.416 e. The zero-order valence-corrected chi connectivity index (χ0v) is 25.8. The van der Waals surface area contributed by atoms with Crippen LogP contribution in [0.25, 0.3) is 0 Å². The third-order valence-corrected chi connectivity index (χ3v) is 17.4. The number of anilines is 1. The lowest BCUT2D eigenvalue weighted by Crippen LogP contribution is -2.48. The zero-order chi connectivity index (χ0) is 26.7. The molecule has 0 bridgehead atoms. The molecule has 0 aromatic carbocycles. The molecule has 1 aromatic rings.